The van der Waals surface area contributed by atoms with Gasteiger partial charge in [-0.15, -0.1) is 0 Å². The molecule has 2 unspecified atom stereocenters. The molecule has 2 aromatic rings. The van der Waals surface area contributed by atoms with Crippen molar-refractivity contribution in [3.8, 4) is 0 Å². The lowest BCUT2D eigenvalue weighted by atomic mass is 9.99. The van der Waals surface area contributed by atoms with E-state index in [1.807, 2.05) is 60.7 Å². The molecule has 2 bridgehead atoms. The van der Waals surface area contributed by atoms with Crippen LogP contribution in [0.15, 0.2) is 54.6 Å². The number of nitrogen functional groups attached to an aromatic ring is 1. The van der Waals surface area contributed by atoms with E-state index in [1.54, 1.807) is 4.90 Å². The zero-order chi connectivity index (χ0) is 18.8. The van der Waals surface area contributed by atoms with Gasteiger partial charge in [-0.2, -0.15) is 0 Å². The number of ether oxygens (including phenoxy) is 1. The number of benzene rings is 2. The van der Waals surface area contributed by atoms with Crippen molar-refractivity contribution in [2.24, 2.45) is 0 Å². The van der Waals surface area contributed by atoms with Gasteiger partial charge in [-0.3, -0.25) is 0 Å². The minimum Gasteiger partial charge on any atom is -1.00 e. The predicted molar refractivity (Wildman–Crippen MR) is 108 cm³/mol. The number of rotatable bonds is 4. The van der Waals surface area contributed by atoms with Gasteiger partial charge in [0.15, 0.2) is 0 Å². The third kappa shape index (κ3) is 4.40. The van der Waals surface area contributed by atoms with Crippen molar-refractivity contribution >= 4 is 23.3 Å². The van der Waals surface area contributed by atoms with E-state index < -0.39 is 0 Å². The van der Waals surface area contributed by atoms with Crippen molar-refractivity contribution in [1.29, 1.82) is 0 Å². The molecule has 2 aromatic carbocycles. The number of nitrogens with two attached hydrogens (primary N) is 1. The number of hydrogen-bond acceptors (Lipinski definition) is 3. The molecule has 2 fully saturated rings. The lowest BCUT2D eigenvalue weighted by Crippen LogP contribution is -3.15. The Morgan fingerprint density at radius 1 is 1.04 bits per heavy atom. The summed E-state index contributed by atoms with van der Waals surface area (Å²) in [6.07, 6.45) is 6.35. The molecule has 0 amide bonds. The van der Waals surface area contributed by atoms with Gasteiger partial charge in [-0.05, 0) is 29.3 Å². The fourth-order valence-electron chi connectivity index (χ4n) is 4.48. The number of carbonyl (C=O) groups is 1. The van der Waals surface area contributed by atoms with Gasteiger partial charge >= 0.3 is 5.97 Å². The molecular formula is C23H27ClN2O2. The van der Waals surface area contributed by atoms with Gasteiger partial charge in [0.1, 0.15) is 6.10 Å². The first-order chi connectivity index (χ1) is 13.1. The number of carbonyl (C=O) groups excluding carboxylic acids is 1. The summed E-state index contributed by atoms with van der Waals surface area (Å²) in [6.45, 7) is 0. The molecule has 0 saturated carbocycles. The molecule has 28 heavy (non-hydrogen) atoms. The Hall–Kier alpha value is -2.30. The number of anilines is 1. The van der Waals surface area contributed by atoms with E-state index in [-0.39, 0.29) is 24.5 Å². The number of fused-ring (bicyclic) bond motifs is 2. The van der Waals surface area contributed by atoms with Crippen molar-refractivity contribution in [3.05, 3.63) is 65.7 Å². The van der Waals surface area contributed by atoms with Gasteiger partial charge in [0, 0.05) is 31.4 Å². The molecule has 2 heterocycles. The van der Waals surface area contributed by atoms with E-state index in [0.717, 1.165) is 24.0 Å². The van der Waals surface area contributed by atoms with Crippen LogP contribution in [0.1, 0.15) is 36.8 Å². The second-order valence-electron chi connectivity index (χ2n) is 7.80. The number of halogens is 1. The molecular weight excluding hydrogens is 372 g/mol. The molecule has 2 aliphatic rings. The summed E-state index contributed by atoms with van der Waals surface area (Å²) in [6, 6.07) is 18.5. The zero-order valence-corrected chi connectivity index (χ0v) is 16.9. The van der Waals surface area contributed by atoms with Crippen LogP contribution in [0.3, 0.4) is 0 Å². The third-order valence-corrected chi connectivity index (χ3v) is 6.07. The second-order valence-corrected chi connectivity index (χ2v) is 7.80. The molecule has 2 saturated heterocycles. The molecule has 0 aliphatic carbocycles. The summed E-state index contributed by atoms with van der Waals surface area (Å²) in [5.41, 5.74) is 8.90. The van der Waals surface area contributed by atoms with Crippen LogP contribution in [-0.2, 0) is 9.53 Å². The monoisotopic (exact) mass is 398 g/mol. The van der Waals surface area contributed by atoms with Crippen molar-refractivity contribution in [3.63, 3.8) is 0 Å². The molecule has 4 nitrogen and oxygen atoms in total. The van der Waals surface area contributed by atoms with Crippen LogP contribution < -0.4 is 23.0 Å². The molecule has 0 radical (unpaired) electrons. The third-order valence-electron chi connectivity index (χ3n) is 6.07. The molecule has 5 heteroatoms. The Balaban J connectivity index is 0.00000225. The standard InChI is InChI=1S/C23H26N2O2.ClH/c1-25-19-11-12-20(25)15-21(14-19)27-23(26)22(13-16-5-3-2-4-6-16)17-7-9-18(24)10-8-17;/h2-10,13,19-21H,11-12,14-15,24H2,1H3;1H/b22-13+;. The van der Waals surface area contributed by atoms with Crippen molar-refractivity contribution in [2.75, 3.05) is 12.8 Å². The summed E-state index contributed by atoms with van der Waals surface area (Å²) in [5.74, 6) is -0.243. The fraction of sp³-hybridized carbons (Fsp3) is 0.348. The minimum absolute atomic E-state index is 0. The second kappa shape index (κ2) is 8.80. The van der Waals surface area contributed by atoms with Crippen LogP contribution in [0, 0.1) is 0 Å². The maximum absolute atomic E-state index is 13.1. The smallest absolute Gasteiger partial charge is 0.339 e. The van der Waals surface area contributed by atoms with Crippen molar-refractivity contribution < 1.29 is 26.8 Å². The van der Waals surface area contributed by atoms with E-state index in [4.69, 9.17) is 10.5 Å². The minimum atomic E-state index is -0.243. The Morgan fingerprint density at radius 2 is 1.64 bits per heavy atom. The summed E-state index contributed by atoms with van der Waals surface area (Å²) < 4.78 is 5.99. The van der Waals surface area contributed by atoms with Gasteiger partial charge in [0.05, 0.1) is 24.7 Å². The lowest BCUT2D eigenvalue weighted by Gasteiger charge is -2.33. The zero-order valence-electron chi connectivity index (χ0n) is 16.1. The SMILES string of the molecule is C[NH+]1C2CCC1CC(OC(=O)/C(=C/c1ccccc1)c1ccc(N)cc1)C2.[Cl-]. The van der Waals surface area contributed by atoms with Crippen LogP contribution in [0.25, 0.3) is 11.6 Å². The first kappa shape index (κ1) is 20.4. The van der Waals surface area contributed by atoms with E-state index in [1.165, 1.54) is 12.8 Å². The Kier molecular flexibility index (Phi) is 6.42. The molecule has 0 spiro atoms. The normalized spacial score (nSPS) is 26.4. The molecule has 0 aromatic heterocycles. The first-order valence-corrected chi connectivity index (χ1v) is 9.77. The van der Waals surface area contributed by atoms with E-state index in [0.29, 0.717) is 23.3 Å². The van der Waals surface area contributed by atoms with Gasteiger partial charge < -0.3 is 27.8 Å². The summed E-state index contributed by atoms with van der Waals surface area (Å²) in [4.78, 5) is 14.7. The topological polar surface area (TPSA) is 56.8 Å². The molecule has 148 valence electrons. The summed E-state index contributed by atoms with van der Waals surface area (Å²) in [7, 11) is 2.27. The highest BCUT2D eigenvalue weighted by Crippen LogP contribution is 2.27. The highest BCUT2D eigenvalue weighted by molar-refractivity contribution is 6.21. The maximum Gasteiger partial charge on any atom is 0.339 e. The molecule has 2 aliphatic heterocycles. The average molecular weight is 399 g/mol. The number of piperidine rings is 1. The molecule has 2 atom stereocenters. The Labute approximate surface area is 172 Å². The van der Waals surface area contributed by atoms with Crippen LogP contribution in [0.5, 0.6) is 0 Å². The van der Waals surface area contributed by atoms with Crippen LogP contribution in [0.2, 0.25) is 0 Å². The largest absolute Gasteiger partial charge is 1.00 e. The van der Waals surface area contributed by atoms with E-state index in [9.17, 15) is 4.79 Å². The molecule has 3 N–H and O–H groups in total. The summed E-state index contributed by atoms with van der Waals surface area (Å²) in [5, 5.41) is 0. The first-order valence-electron chi connectivity index (χ1n) is 9.77. The van der Waals surface area contributed by atoms with Crippen molar-refractivity contribution in [2.45, 2.75) is 43.9 Å². The Morgan fingerprint density at radius 3 is 2.25 bits per heavy atom. The van der Waals surface area contributed by atoms with Crippen molar-refractivity contribution in [1.82, 2.24) is 0 Å². The lowest BCUT2D eigenvalue weighted by molar-refractivity contribution is -0.923. The maximum atomic E-state index is 13.1. The number of esters is 1. The van der Waals surface area contributed by atoms with Crippen LogP contribution in [-0.4, -0.2) is 31.2 Å². The predicted octanol–water partition coefficient (Wildman–Crippen LogP) is -0.435. The Bertz CT molecular complexity index is 821. The highest BCUT2D eigenvalue weighted by atomic mass is 35.5. The number of nitrogens with one attached hydrogen (secondary N) is 1. The highest BCUT2D eigenvalue weighted by Gasteiger charge is 2.43. The van der Waals surface area contributed by atoms with E-state index >= 15 is 0 Å². The van der Waals surface area contributed by atoms with Crippen LogP contribution in [0.4, 0.5) is 5.69 Å². The number of quaternary nitrogens is 1. The van der Waals surface area contributed by atoms with Gasteiger partial charge in [-0.25, -0.2) is 4.79 Å². The van der Waals surface area contributed by atoms with Crippen LogP contribution >= 0.6 is 0 Å². The number of hydrogen-bond donors (Lipinski definition) is 2. The fourth-order valence-corrected chi connectivity index (χ4v) is 4.48. The average Bonchev–Trinajstić information content (AvgIpc) is 2.89. The van der Waals surface area contributed by atoms with Gasteiger partial charge in [-0.1, -0.05) is 42.5 Å². The summed E-state index contributed by atoms with van der Waals surface area (Å²) >= 11 is 0. The van der Waals surface area contributed by atoms with Gasteiger partial charge in [0.2, 0.25) is 0 Å². The molecule has 4 rings (SSSR count). The van der Waals surface area contributed by atoms with E-state index in [2.05, 4.69) is 7.05 Å². The quantitative estimate of drug-likeness (QED) is 0.318. The van der Waals surface area contributed by atoms with Gasteiger partial charge in [0.25, 0.3) is 0 Å².